The molecule has 0 N–H and O–H groups in total. The Kier molecular flexibility index (Phi) is 3.24. The zero-order valence-corrected chi connectivity index (χ0v) is 8.37. The number of nitrogens with zero attached hydrogens (tertiary/aromatic N) is 3. The molecular weight excluding hydrogens is 182 g/mol. The molecule has 0 spiro atoms. The van der Waals surface area contributed by atoms with E-state index >= 15 is 0 Å². The third-order valence-corrected chi connectivity index (χ3v) is 1.79. The molecule has 14 heavy (non-hydrogen) atoms. The number of aromatic nitrogens is 2. The summed E-state index contributed by atoms with van der Waals surface area (Å²) < 4.78 is 9.92. The smallest absolute Gasteiger partial charge is 0.319 e. The first-order valence-corrected chi connectivity index (χ1v) is 4.05. The highest BCUT2D eigenvalue weighted by Crippen LogP contribution is 2.21. The fraction of sp³-hybridized carbons (Fsp3) is 0.444. The second kappa shape index (κ2) is 4.42. The lowest BCUT2D eigenvalue weighted by atomic mass is 10.2. The highest BCUT2D eigenvalue weighted by molar-refractivity contribution is 5.33. The van der Waals surface area contributed by atoms with Gasteiger partial charge in [0.2, 0.25) is 5.88 Å². The van der Waals surface area contributed by atoms with Gasteiger partial charge in [0.1, 0.15) is 0 Å². The summed E-state index contributed by atoms with van der Waals surface area (Å²) in [7, 11) is 2.99. The maximum absolute atomic E-state index is 8.60. The fourth-order valence-corrected chi connectivity index (χ4v) is 1.09. The summed E-state index contributed by atoms with van der Waals surface area (Å²) in [5.74, 6) is 0.399. The Morgan fingerprint density at radius 1 is 1.29 bits per heavy atom. The monoisotopic (exact) mass is 193 g/mol. The zero-order valence-electron chi connectivity index (χ0n) is 8.37. The summed E-state index contributed by atoms with van der Waals surface area (Å²) in [4.78, 5) is 8.04. The minimum atomic E-state index is 0.235. The van der Waals surface area contributed by atoms with Gasteiger partial charge in [-0.3, -0.25) is 0 Å². The van der Waals surface area contributed by atoms with Gasteiger partial charge < -0.3 is 9.47 Å². The molecule has 0 aliphatic heterocycles. The SMILES string of the molecule is COc1nc(C)c(CC#N)c(OC)n1. The third-order valence-electron chi connectivity index (χ3n) is 1.79. The summed E-state index contributed by atoms with van der Waals surface area (Å²) in [6.07, 6.45) is 0.235. The van der Waals surface area contributed by atoms with Gasteiger partial charge in [-0.25, -0.2) is 4.98 Å². The second-order valence-electron chi connectivity index (χ2n) is 2.62. The summed E-state index contributed by atoms with van der Waals surface area (Å²) in [6.45, 7) is 1.79. The molecule has 0 aromatic carbocycles. The molecular formula is C9H11N3O2. The molecule has 0 radical (unpaired) electrons. The molecule has 0 atom stereocenters. The maximum Gasteiger partial charge on any atom is 0.319 e. The predicted molar refractivity (Wildman–Crippen MR) is 49.2 cm³/mol. The molecule has 0 fully saturated rings. The van der Waals surface area contributed by atoms with Crippen LogP contribution in [0, 0.1) is 18.3 Å². The average Bonchev–Trinajstić information content (AvgIpc) is 2.20. The van der Waals surface area contributed by atoms with Crippen molar-refractivity contribution in [3.05, 3.63) is 11.3 Å². The molecule has 1 heterocycles. The standard InChI is InChI=1S/C9H11N3O2/c1-6-7(4-5-10)8(13-2)12-9(11-6)14-3/h4H2,1-3H3. The molecule has 0 bridgehead atoms. The number of hydrogen-bond acceptors (Lipinski definition) is 5. The van der Waals surface area contributed by atoms with Gasteiger partial charge in [-0.15, -0.1) is 0 Å². The average molecular weight is 193 g/mol. The lowest BCUT2D eigenvalue weighted by Gasteiger charge is -2.08. The summed E-state index contributed by atoms with van der Waals surface area (Å²) in [5.41, 5.74) is 1.41. The largest absolute Gasteiger partial charge is 0.481 e. The van der Waals surface area contributed by atoms with Crippen LogP contribution in [0.1, 0.15) is 11.3 Å². The maximum atomic E-state index is 8.60. The van der Waals surface area contributed by atoms with Gasteiger partial charge in [0.25, 0.3) is 0 Å². The van der Waals surface area contributed by atoms with Crippen LogP contribution in [0.15, 0.2) is 0 Å². The quantitative estimate of drug-likeness (QED) is 0.712. The van der Waals surface area contributed by atoms with E-state index in [-0.39, 0.29) is 12.4 Å². The van der Waals surface area contributed by atoms with Crippen molar-refractivity contribution in [3.8, 4) is 18.0 Å². The Balaban J connectivity index is 3.21. The van der Waals surface area contributed by atoms with E-state index in [1.54, 1.807) is 6.92 Å². The van der Waals surface area contributed by atoms with E-state index in [1.807, 2.05) is 6.07 Å². The van der Waals surface area contributed by atoms with Crippen molar-refractivity contribution in [2.75, 3.05) is 14.2 Å². The first-order valence-electron chi connectivity index (χ1n) is 4.05. The molecule has 1 aromatic rings. The molecule has 0 saturated carbocycles. The van der Waals surface area contributed by atoms with E-state index in [0.29, 0.717) is 17.1 Å². The van der Waals surface area contributed by atoms with Crippen molar-refractivity contribution >= 4 is 0 Å². The van der Waals surface area contributed by atoms with Gasteiger partial charge in [-0.2, -0.15) is 10.2 Å². The Morgan fingerprint density at radius 2 is 2.00 bits per heavy atom. The fourth-order valence-electron chi connectivity index (χ4n) is 1.09. The van der Waals surface area contributed by atoms with E-state index in [0.717, 1.165) is 0 Å². The van der Waals surface area contributed by atoms with Crippen molar-refractivity contribution in [2.24, 2.45) is 0 Å². The van der Waals surface area contributed by atoms with Crippen LogP contribution in [0.5, 0.6) is 11.9 Å². The van der Waals surface area contributed by atoms with Crippen LogP contribution in [0.25, 0.3) is 0 Å². The lowest BCUT2D eigenvalue weighted by Crippen LogP contribution is -2.03. The minimum absolute atomic E-state index is 0.235. The molecule has 0 amide bonds. The normalized spacial score (nSPS) is 9.29. The van der Waals surface area contributed by atoms with E-state index in [4.69, 9.17) is 14.7 Å². The van der Waals surface area contributed by atoms with Crippen LogP contribution in [0.3, 0.4) is 0 Å². The first-order chi connectivity index (χ1) is 6.72. The van der Waals surface area contributed by atoms with Gasteiger partial charge in [0.05, 0.1) is 32.4 Å². The Bertz CT molecular complexity index is 371. The first kappa shape index (κ1) is 10.3. The van der Waals surface area contributed by atoms with E-state index < -0.39 is 0 Å². The molecule has 1 rings (SSSR count). The molecule has 0 aliphatic carbocycles. The number of hydrogen-bond donors (Lipinski definition) is 0. The van der Waals surface area contributed by atoms with Crippen molar-refractivity contribution < 1.29 is 9.47 Å². The number of ether oxygens (including phenoxy) is 2. The molecule has 0 aliphatic rings. The second-order valence-corrected chi connectivity index (χ2v) is 2.62. The zero-order chi connectivity index (χ0) is 10.6. The third kappa shape index (κ3) is 1.91. The van der Waals surface area contributed by atoms with Gasteiger partial charge >= 0.3 is 6.01 Å². The van der Waals surface area contributed by atoms with Crippen LogP contribution in [-0.2, 0) is 6.42 Å². The lowest BCUT2D eigenvalue weighted by molar-refractivity contribution is 0.348. The van der Waals surface area contributed by atoms with E-state index in [9.17, 15) is 0 Å². The molecule has 1 aromatic heterocycles. The molecule has 5 nitrogen and oxygen atoms in total. The molecule has 74 valence electrons. The molecule has 0 saturated heterocycles. The van der Waals surface area contributed by atoms with Crippen molar-refractivity contribution in [3.63, 3.8) is 0 Å². The molecule has 5 heteroatoms. The van der Waals surface area contributed by atoms with Crippen LogP contribution in [-0.4, -0.2) is 24.2 Å². The van der Waals surface area contributed by atoms with Gasteiger partial charge in [0.15, 0.2) is 0 Å². The minimum Gasteiger partial charge on any atom is -0.481 e. The highest BCUT2D eigenvalue weighted by atomic mass is 16.5. The number of methoxy groups -OCH3 is 2. The Labute approximate surface area is 82.3 Å². The molecule has 0 unspecified atom stereocenters. The van der Waals surface area contributed by atoms with Gasteiger partial charge in [0, 0.05) is 5.56 Å². The number of rotatable bonds is 3. The van der Waals surface area contributed by atoms with Crippen molar-refractivity contribution in [2.45, 2.75) is 13.3 Å². The van der Waals surface area contributed by atoms with Gasteiger partial charge in [-0.05, 0) is 6.92 Å². The Morgan fingerprint density at radius 3 is 2.50 bits per heavy atom. The van der Waals surface area contributed by atoms with Crippen molar-refractivity contribution in [1.29, 1.82) is 5.26 Å². The summed E-state index contributed by atoms with van der Waals surface area (Å²) >= 11 is 0. The topological polar surface area (TPSA) is 68.0 Å². The van der Waals surface area contributed by atoms with E-state index in [2.05, 4.69) is 9.97 Å². The van der Waals surface area contributed by atoms with Crippen LogP contribution < -0.4 is 9.47 Å². The number of nitriles is 1. The van der Waals surface area contributed by atoms with E-state index in [1.165, 1.54) is 14.2 Å². The van der Waals surface area contributed by atoms with Crippen LogP contribution in [0.4, 0.5) is 0 Å². The summed E-state index contributed by atoms with van der Waals surface area (Å²) in [6, 6.07) is 2.29. The van der Waals surface area contributed by atoms with Crippen LogP contribution in [0.2, 0.25) is 0 Å². The Hall–Kier alpha value is -1.83. The van der Waals surface area contributed by atoms with Crippen LogP contribution >= 0.6 is 0 Å². The summed E-state index contributed by atoms with van der Waals surface area (Å²) in [5, 5.41) is 8.60. The predicted octanol–water partition coefficient (Wildman–Crippen LogP) is 0.868. The highest BCUT2D eigenvalue weighted by Gasteiger charge is 2.11. The number of aryl methyl sites for hydroxylation is 1. The van der Waals surface area contributed by atoms with Gasteiger partial charge in [-0.1, -0.05) is 0 Å². The van der Waals surface area contributed by atoms with Crippen molar-refractivity contribution in [1.82, 2.24) is 9.97 Å².